The van der Waals surface area contributed by atoms with E-state index in [-0.39, 0.29) is 29.3 Å². The SMILES string of the molecule is Cc1cccc(NC(=O)c2c(C)n(-c3cccc(C)c3C)c(C)cc2=O)c1C.Cl. The van der Waals surface area contributed by atoms with Gasteiger partial charge in [0.2, 0.25) is 0 Å². The summed E-state index contributed by atoms with van der Waals surface area (Å²) in [6.45, 7) is 11.8. The van der Waals surface area contributed by atoms with Gasteiger partial charge in [-0.1, -0.05) is 24.3 Å². The Hall–Kier alpha value is -2.85. The summed E-state index contributed by atoms with van der Waals surface area (Å²) in [7, 11) is 0. The third-order valence-electron chi connectivity index (χ3n) is 5.53. The number of amides is 1. The van der Waals surface area contributed by atoms with Gasteiger partial charge in [0, 0.05) is 28.8 Å². The van der Waals surface area contributed by atoms with Gasteiger partial charge in [0.05, 0.1) is 0 Å². The third-order valence-corrected chi connectivity index (χ3v) is 5.53. The zero-order chi connectivity index (χ0) is 20.6. The van der Waals surface area contributed by atoms with E-state index in [9.17, 15) is 9.59 Å². The van der Waals surface area contributed by atoms with E-state index in [1.807, 2.05) is 62.6 Å². The number of carbonyl (C=O) groups excluding carboxylic acids is 1. The van der Waals surface area contributed by atoms with Gasteiger partial charge in [0.25, 0.3) is 5.91 Å². The number of nitrogens with one attached hydrogen (secondary N) is 1. The van der Waals surface area contributed by atoms with E-state index in [4.69, 9.17) is 0 Å². The predicted molar refractivity (Wildman–Crippen MR) is 122 cm³/mol. The molecule has 152 valence electrons. The van der Waals surface area contributed by atoms with Gasteiger partial charge in [-0.15, -0.1) is 12.4 Å². The molecule has 1 N–H and O–H groups in total. The molecule has 5 heteroatoms. The number of halogens is 1. The molecule has 0 fully saturated rings. The molecule has 0 spiro atoms. The molecule has 3 aromatic rings. The van der Waals surface area contributed by atoms with Crippen molar-refractivity contribution in [1.29, 1.82) is 0 Å². The Morgan fingerprint density at radius 3 is 2.10 bits per heavy atom. The summed E-state index contributed by atoms with van der Waals surface area (Å²) in [5.41, 5.74) is 7.43. The number of aromatic nitrogens is 1. The number of pyridine rings is 1. The van der Waals surface area contributed by atoms with Crippen molar-refractivity contribution in [2.45, 2.75) is 41.5 Å². The maximum atomic E-state index is 13.0. The molecule has 0 saturated carbocycles. The van der Waals surface area contributed by atoms with Crippen molar-refractivity contribution in [3.8, 4) is 5.69 Å². The minimum Gasteiger partial charge on any atom is -0.322 e. The number of nitrogens with zero attached hydrogens (tertiary/aromatic N) is 1. The normalized spacial score (nSPS) is 10.4. The van der Waals surface area contributed by atoms with Gasteiger partial charge < -0.3 is 9.88 Å². The first kappa shape index (κ1) is 22.4. The molecule has 1 aromatic heterocycles. The van der Waals surface area contributed by atoms with Gasteiger partial charge in [-0.3, -0.25) is 9.59 Å². The van der Waals surface area contributed by atoms with Crippen molar-refractivity contribution in [2.24, 2.45) is 0 Å². The number of aryl methyl sites for hydroxylation is 3. The molecule has 2 aromatic carbocycles. The maximum Gasteiger partial charge on any atom is 0.261 e. The van der Waals surface area contributed by atoms with Crippen LogP contribution in [0.25, 0.3) is 5.69 Å². The first-order valence-corrected chi connectivity index (χ1v) is 9.39. The predicted octanol–water partition coefficient (Wildman–Crippen LogP) is 5.36. The molecule has 0 aliphatic rings. The van der Waals surface area contributed by atoms with Crippen LogP contribution in [-0.2, 0) is 0 Å². The number of hydrogen-bond acceptors (Lipinski definition) is 2. The van der Waals surface area contributed by atoms with Crippen LogP contribution in [0.5, 0.6) is 0 Å². The Kier molecular flexibility index (Phi) is 6.70. The Labute approximate surface area is 178 Å². The van der Waals surface area contributed by atoms with Gasteiger partial charge in [-0.25, -0.2) is 0 Å². The summed E-state index contributed by atoms with van der Waals surface area (Å²) in [6.07, 6.45) is 0. The highest BCUT2D eigenvalue weighted by Gasteiger charge is 2.20. The highest BCUT2D eigenvalue weighted by Crippen LogP contribution is 2.23. The monoisotopic (exact) mass is 410 g/mol. The second kappa shape index (κ2) is 8.66. The molecule has 0 atom stereocenters. The molecule has 1 heterocycles. The molecule has 29 heavy (non-hydrogen) atoms. The van der Waals surface area contributed by atoms with E-state index in [0.29, 0.717) is 5.69 Å². The summed E-state index contributed by atoms with van der Waals surface area (Å²) in [4.78, 5) is 25.7. The minimum absolute atomic E-state index is 0. The lowest BCUT2D eigenvalue weighted by Crippen LogP contribution is -2.27. The molecule has 0 saturated heterocycles. The fraction of sp³-hybridized carbons (Fsp3) is 0.250. The Morgan fingerprint density at radius 2 is 1.45 bits per heavy atom. The van der Waals surface area contributed by atoms with Crippen LogP contribution in [0.2, 0.25) is 0 Å². The van der Waals surface area contributed by atoms with Crippen molar-refractivity contribution in [1.82, 2.24) is 4.57 Å². The second-order valence-corrected chi connectivity index (χ2v) is 7.37. The van der Waals surface area contributed by atoms with Crippen molar-refractivity contribution < 1.29 is 4.79 Å². The van der Waals surface area contributed by atoms with E-state index in [2.05, 4.69) is 25.2 Å². The minimum atomic E-state index is -0.379. The molecule has 0 unspecified atom stereocenters. The molecular weight excluding hydrogens is 384 g/mol. The van der Waals surface area contributed by atoms with Crippen LogP contribution in [0, 0.1) is 41.5 Å². The average Bonchev–Trinajstić information content (AvgIpc) is 2.62. The van der Waals surface area contributed by atoms with E-state index >= 15 is 0 Å². The van der Waals surface area contributed by atoms with Crippen molar-refractivity contribution in [3.05, 3.63) is 91.9 Å². The van der Waals surface area contributed by atoms with Crippen LogP contribution in [-0.4, -0.2) is 10.5 Å². The molecule has 1 amide bonds. The van der Waals surface area contributed by atoms with Crippen LogP contribution < -0.4 is 10.7 Å². The quantitative estimate of drug-likeness (QED) is 0.631. The summed E-state index contributed by atoms with van der Waals surface area (Å²) in [6, 6.07) is 13.3. The lowest BCUT2D eigenvalue weighted by molar-refractivity contribution is 0.102. The topological polar surface area (TPSA) is 51.1 Å². The standard InChI is InChI=1S/C24H26N2O2.ClH/c1-14-9-7-11-20(17(14)4)25-24(28)23-19(6)26(16(3)13-22(23)27)21-12-8-10-15(2)18(21)5;/h7-13H,1-6H3,(H,25,28);1H. The first-order valence-electron chi connectivity index (χ1n) is 9.39. The summed E-state index contributed by atoms with van der Waals surface area (Å²) < 4.78 is 1.99. The van der Waals surface area contributed by atoms with E-state index < -0.39 is 0 Å². The largest absolute Gasteiger partial charge is 0.322 e. The number of benzene rings is 2. The smallest absolute Gasteiger partial charge is 0.261 e. The molecule has 0 radical (unpaired) electrons. The second-order valence-electron chi connectivity index (χ2n) is 7.37. The van der Waals surface area contributed by atoms with Crippen LogP contribution in [0.3, 0.4) is 0 Å². The lowest BCUT2D eigenvalue weighted by Gasteiger charge is -2.20. The average molecular weight is 411 g/mol. The van der Waals surface area contributed by atoms with Crippen molar-refractivity contribution in [2.75, 3.05) is 5.32 Å². The van der Waals surface area contributed by atoms with Crippen LogP contribution in [0.15, 0.2) is 47.3 Å². The van der Waals surface area contributed by atoms with Crippen molar-refractivity contribution >= 4 is 24.0 Å². The Balaban J connectivity index is 0.00000300. The zero-order valence-corrected chi connectivity index (χ0v) is 18.5. The highest BCUT2D eigenvalue weighted by molar-refractivity contribution is 6.05. The van der Waals surface area contributed by atoms with Gasteiger partial charge in [-0.2, -0.15) is 0 Å². The maximum absolute atomic E-state index is 13.0. The van der Waals surface area contributed by atoms with Crippen LogP contribution >= 0.6 is 12.4 Å². The van der Waals surface area contributed by atoms with E-state index in [0.717, 1.165) is 39.3 Å². The summed E-state index contributed by atoms with van der Waals surface area (Å²) >= 11 is 0. The van der Waals surface area contributed by atoms with E-state index in [1.54, 1.807) is 0 Å². The van der Waals surface area contributed by atoms with Crippen LogP contribution in [0.4, 0.5) is 5.69 Å². The fourth-order valence-corrected chi connectivity index (χ4v) is 3.58. The summed E-state index contributed by atoms with van der Waals surface area (Å²) in [5, 5.41) is 2.92. The van der Waals surface area contributed by atoms with E-state index in [1.165, 1.54) is 6.07 Å². The fourth-order valence-electron chi connectivity index (χ4n) is 3.58. The third kappa shape index (κ3) is 4.13. The Bertz CT molecular complexity index is 1150. The van der Waals surface area contributed by atoms with Crippen LogP contribution in [0.1, 0.15) is 44.0 Å². The molecule has 3 rings (SSSR count). The number of carbonyl (C=O) groups is 1. The number of rotatable bonds is 3. The van der Waals surface area contributed by atoms with Crippen molar-refractivity contribution in [3.63, 3.8) is 0 Å². The molecule has 0 aliphatic carbocycles. The zero-order valence-electron chi connectivity index (χ0n) is 17.7. The van der Waals surface area contributed by atoms with Gasteiger partial charge in [0.15, 0.2) is 5.43 Å². The van der Waals surface area contributed by atoms with Gasteiger partial charge >= 0.3 is 0 Å². The van der Waals surface area contributed by atoms with Gasteiger partial charge in [0.1, 0.15) is 5.56 Å². The number of hydrogen-bond donors (Lipinski definition) is 1. The lowest BCUT2D eigenvalue weighted by atomic mass is 10.0. The first-order chi connectivity index (χ1) is 13.2. The summed E-state index contributed by atoms with van der Waals surface area (Å²) in [5.74, 6) is -0.379. The Morgan fingerprint density at radius 1 is 0.862 bits per heavy atom. The number of anilines is 1. The highest BCUT2D eigenvalue weighted by atomic mass is 35.5. The molecule has 0 aliphatic heterocycles. The molecule has 4 nitrogen and oxygen atoms in total. The van der Waals surface area contributed by atoms with Gasteiger partial charge in [-0.05, 0) is 75.9 Å². The molecule has 0 bridgehead atoms. The molecular formula is C24H27ClN2O2.